The Kier molecular flexibility index (Phi) is 4.00. The van der Waals surface area contributed by atoms with Gasteiger partial charge in [-0.25, -0.2) is 9.78 Å². The van der Waals surface area contributed by atoms with Gasteiger partial charge in [-0.3, -0.25) is 0 Å². The van der Waals surface area contributed by atoms with Crippen LogP contribution in [0, 0.1) is 0 Å². The summed E-state index contributed by atoms with van der Waals surface area (Å²) in [5.41, 5.74) is 1.12. The van der Waals surface area contributed by atoms with Gasteiger partial charge in [-0.1, -0.05) is 6.07 Å². The van der Waals surface area contributed by atoms with Crippen molar-refractivity contribution in [3.8, 4) is 5.88 Å². The summed E-state index contributed by atoms with van der Waals surface area (Å²) in [6.07, 6.45) is 3.75. The van der Waals surface area contributed by atoms with Crippen LogP contribution in [0.2, 0.25) is 0 Å². The number of aromatic nitrogens is 2. The molecule has 0 aromatic carbocycles. The Balaban J connectivity index is 1.74. The van der Waals surface area contributed by atoms with Crippen LogP contribution >= 0.6 is 0 Å². The van der Waals surface area contributed by atoms with E-state index in [1.165, 1.54) is 0 Å². The summed E-state index contributed by atoms with van der Waals surface area (Å²) in [4.78, 5) is 19.9. The van der Waals surface area contributed by atoms with E-state index in [9.17, 15) is 4.79 Å². The van der Waals surface area contributed by atoms with Crippen molar-refractivity contribution < 1.29 is 9.53 Å². The molecule has 0 saturated carbocycles. The van der Waals surface area contributed by atoms with Gasteiger partial charge in [-0.05, 0) is 18.2 Å². The molecule has 6 nitrogen and oxygen atoms in total. The van der Waals surface area contributed by atoms with Crippen molar-refractivity contribution in [1.29, 1.82) is 0 Å². The molecule has 6 heteroatoms. The number of ether oxygens (including phenoxy) is 1. The molecule has 0 N–H and O–H groups in total. The Morgan fingerprint density at radius 3 is 2.95 bits per heavy atom. The largest absolute Gasteiger partial charge is 0.475 e. The number of rotatable bonds is 3. The fourth-order valence-electron chi connectivity index (χ4n) is 2.70. The molecule has 0 fully saturated rings. The first-order valence-corrected chi connectivity index (χ1v) is 7.31. The molecule has 1 aliphatic rings. The van der Waals surface area contributed by atoms with Crippen LogP contribution in [-0.4, -0.2) is 52.6 Å². The first-order valence-electron chi connectivity index (χ1n) is 7.31. The minimum atomic E-state index is 0.0234. The van der Waals surface area contributed by atoms with Crippen LogP contribution in [0.1, 0.15) is 11.7 Å². The molecule has 0 aliphatic carbocycles. The average molecular weight is 300 g/mol. The molecule has 2 aromatic rings. The van der Waals surface area contributed by atoms with Gasteiger partial charge >= 0.3 is 6.03 Å². The highest BCUT2D eigenvalue weighted by Crippen LogP contribution is 2.23. The molecule has 2 amide bonds. The molecule has 1 aliphatic heterocycles. The second-order valence-electron chi connectivity index (χ2n) is 5.60. The van der Waals surface area contributed by atoms with Crippen molar-refractivity contribution in [3.63, 3.8) is 0 Å². The van der Waals surface area contributed by atoms with Crippen molar-refractivity contribution in [2.45, 2.75) is 12.6 Å². The van der Waals surface area contributed by atoms with Crippen molar-refractivity contribution in [3.05, 3.63) is 48.4 Å². The number of carbonyl (C=O) groups is 1. The molecule has 3 rings (SSSR count). The van der Waals surface area contributed by atoms with Crippen molar-refractivity contribution in [2.75, 3.05) is 27.2 Å². The topological polar surface area (TPSA) is 50.6 Å². The van der Waals surface area contributed by atoms with Crippen LogP contribution in [0.25, 0.3) is 0 Å². The van der Waals surface area contributed by atoms with E-state index >= 15 is 0 Å². The van der Waals surface area contributed by atoms with Crippen LogP contribution in [0.3, 0.4) is 0 Å². The van der Waals surface area contributed by atoms with Gasteiger partial charge in [-0.2, -0.15) is 0 Å². The number of fused-ring (bicyclic) bond motifs is 1. The fraction of sp³-hybridized carbons (Fsp3) is 0.375. The molecule has 0 radical (unpaired) electrons. The van der Waals surface area contributed by atoms with Crippen LogP contribution < -0.4 is 4.74 Å². The van der Waals surface area contributed by atoms with Crippen molar-refractivity contribution in [1.82, 2.24) is 19.4 Å². The minimum Gasteiger partial charge on any atom is -0.475 e. The maximum absolute atomic E-state index is 12.2. The second kappa shape index (κ2) is 6.09. The van der Waals surface area contributed by atoms with Crippen molar-refractivity contribution >= 4 is 6.03 Å². The molecular weight excluding hydrogens is 280 g/mol. The van der Waals surface area contributed by atoms with Gasteiger partial charge in [-0.15, -0.1) is 0 Å². The predicted octanol–water partition coefficient (Wildman–Crippen LogP) is 2.00. The summed E-state index contributed by atoms with van der Waals surface area (Å²) >= 11 is 0. The van der Waals surface area contributed by atoms with Gasteiger partial charge < -0.3 is 19.1 Å². The monoisotopic (exact) mass is 300 g/mol. The zero-order valence-corrected chi connectivity index (χ0v) is 12.8. The number of amides is 2. The van der Waals surface area contributed by atoms with E-state index in [1.54, 1.807) is 25.2 Å². The van der Waals surface area contributed by atoms with E-state index in [4.69, 9.17) is 4.74 Å². The smallest absolute Gasteiger partial charge is 0.319 e. The molecular formula is C16H20N4O2. The molecule has 0 bridgehead atoms. The van der Waals surface area contributed by atoms with Crippen LogP contribution in [0.5, 0.6) is 5.88 Å². The van der Waals surface area contributed by atoms with Crippen molar-refractivity contribution in [2.24, 2.45) is 0 Å². The first kappa shape index (κ1) is 14.4. The zero-order chi connectivity index (χ0) is 15.5. The number of urea groups is 1. The van der Waals surface area contributed by atoms with E-state index in [0.29, 0.717) is 25.6 Å². The summed E-state index contributed by atoms with van der Waals surface area (Å²) in [6, 6.07) is 9.75. The maximum atomic E-state index is 12.2. The number of nitrogens with zero attached hydrogens (tertiary/aromatic N) is 4. The molecule has 2 aromatic heterocycles. The molecule has 22 heavy (non-hydrogen) atoms. The van der Waals surface area contributed by atoms with E-state index in [0.717, 1.165) is 5.69 Å². The van der Waals surface area contributed by atoms with Gasteiger partial charge in [0.2, 0.25) is 5.88 Å². The SMILES string of the molecule is CN(C)C(=O)N1Cc2cccn2[C@H](COc2ccccn2)C1. The lowest BCUT2D eigenvalue weighted by Gasteiger charge is -2.36. The number of carbonyl (C=O) groups excluding carboxylic acids is 1. The fourth-order valence-corrected chi connectivity index (χ4v) is 2.70. The molecule has 0 spiro atoms. The predicted molar refractivity (Wildman–Crippen MR) is 82.7 cm³/mol. The summed E-state index contributed by atoms with van der Waals surface area (Å²) in [5, 5.41) is 0. The van der Waals surface area contributed by atoms with Crippen LogP contribution in [-0.2, 0) is 6.54 Å². The minimum absolute atomic E-state index is 0.0234. The van der Waals surface area contributed by atoms with E-state index in [-0.39, 0.29) is 12.1 Å². The lowest BCUT2D eigenvalue weighted by atomic mass is 10.2. The van der Waals surface area contributed by atoms with Gasteiger partial charge in [0.15, 0.2) is 0 Å². The molecule has 116 valence electrons. The van der Waals surface area contributed by atoms with Crippen LogP contribution in [0.15, 0.2) is 42.7 Å². The standard InChI is InChI=1S/C16H20N4O2/c1-18(2)16(21)19-10-13-6-5-9-20(13)14(11-19)12-22-15-7-3-4-8-17-15/h3-9,14H,10-12H2,1-2H3/t14-/m0/s1. The molecule has 0 unspecified atom stereocenters. The number of pyridine rings is 1. The van der Waals surface area contributed by atoms with E-state index < -0.39 is 0 Å². The Hall–Kier alpha value is -2.50. The highest BCUT2D eigenvalue weighted by molar-refractivity contribution is 5.74. The highest BCUT2D eigenvalue weighted by atomic mass is 16.5. The number of hydrogen-bond donors (Lipinski definition) is 0. The van der Waals surface area contributed by atoms with Gasteiger partial charge in [0.25, 0.3) is 0 Å². The Morgan fingerprint density at radius 1 is 1.36 bits per heavy atom. The van der Waals surface area contributed by atoms with Crippen LogP contribution in [0.4, 0.5) is 4.79 Å². The highest BCUT2D eigenvalue weighted by Gasteiger charge is 2.28. The number of hydrogen-bond acceptors (Lipinski definition) is 3. The molecule has 0 saturated heterocycles. The lowest BCUT2D eigenvalue weighted by Crippen LogP contribution is -2.46. The average Bonchev–Trinajstić information content (AvgIpc) is 3.01. The molecule has 3 heterocycles. The third-order valence-corrected chi connectivity index (χ3v) is 3.76. The quantitative estimate of drug-likeness (QED) is 0.871. The lowest BCUT2D eigenvalue weighted by molar-refractivity contribution is 0.128. The first-order chi connectivity index (χ1) is 10.6. The third-order valence-electron chi connectivity index (χ3n) is 3.76. The maximum Gasteiger partial charge on any atom is 0.319 e. The van der Waals surface area contributed by atoms with E-state index in [2.05, 4.69) is 9.55 Å². The summed E-state index contributed by atoms with van der Waals surface area (Å²) in [5.74, 6) is 0.604. The third kappa shape index (κ3) is 2.90. The Morgan fingerprint density at radius 2 is 2.23 bits per heavy atom. The summed E-state index contributed by atoms with van der Waals surface area (Å²) in [6.45, 7) is 1.74. The Bertz CT molecular complexity index is 639. The van der Waals surface area contributed by atoms with Gasteiger partial charge in [0, 0.05) is 44.8 Å². The van der Waals surface area contributed by atoms with Gasteiger partial charge in [0.05, 0.1) is 12.6 Å². The summed E-state index contributed by atoms with van der Waals surface area (Å²) in [7, 11) is 3.55. The normalized spacial score (nSPS) is 17.0. The summed E-state index contributed by atoms with van der Waals surface area (Å²) < 4.78 is 7.96. The molecule has 1 atom stereocenters. The van der Waals surface area contributed by atoms with E-state index in [1.807, 2.05) is 41.4 Å². The second-order valence-corrected chi connectivity index (χ2v) is 5.60. The zero-order valence-electron chi connectivity index (χ0n) is 12.8. The van der Waals surface area contributed by atoms with Gasteiger partial charge in [0.1, 0.15) is 6.61 Å². The Labute approximate surface area is 129 Å².